The van der Waals surface area contributed by atoms with Gasteiger partial charge in [0, 0.05) is 33.0 Å². The van der Waals surface area contributed by atoms with E-state index in [1.165, 1.54) is 5.56 Å². The average molecular weight is 332 g/mol. The normalized spacial score (nSPS) is 10.5. The van der Waals surface area contributed by atoms with Crippen molar-refractivity contribution in [3.8, 4) is 0 Å². The highest BCUT2D eigenvalue weighted by Gasteiger charge is 2.14. The molecule has 132 valence electrons. The van der Waals surface area contributed by atoms with Gasteiger partial charge in [0.05, 0.1) is 6.61 Å². The highest BCUT2D eigenvalue weighted by atomic mass is 16.3. The predicted octanol–water partition coefficient (Wildman–Crippen LogP) is 2.57. The number of ketones is 1. The number of benzene rings is 2. The van der Waals surface area contributed by atoms with Crippen molar-refractivity contribution in [3.63, 3.8) is 0 Å². The maximum atomic E-state index is 12.0. The van der Waals surface area contributed by atoms with Gasteiger partial charge >= 0.3 is 0 Å². The Hall–Kier alpha value is -2.01. The lowest BCUT2D eigenvalue weighted by Crippen LogP contribution is -2.11. The zero-order chi connectivity index (χ0) is 18.2. The predicted molar refractivity (Wildman–Crippen MR) is 96.9 cm³/mol. The highest BCUT2D eigenvalue weighted by molar-refractivity contribution is 5.79. The second-order valence-electron chi connectivity index (χ2n) is 5.02. The number of carbonyl (C=O) groups is 1. The molecule has 3 N–H and O–H groups in total. The standard InChI is InChI=1S/C18H20O2.2CH4O/c19-14-17(16-9-5-2-6-10-16)13-18(20)12-11-15-7-3-1-4-8-15;2*1-2/h1-10,17,19H,11-14H2;2*2H,1H3. The molecule has 24 heavy (non-hydrogen) atoms. The van der Waals surface area contributed by atoms with Crippen LogP contribution in [0.5, 0.6) is 0 Å². The number of Topliss-reactive ketones (excluding diaryl/α,β-unsaturated/α-hetero) is 1. The molecule has 0 aromatic heterocycles. The van der Waals surface area contributed by atoms with E-state index in [1.807, 2.05) is 60.7 Å². The molecule has 0 radical (unpaired) electrons. The molecular weight excluding hydrogens is 304 g/mol. The van der Waals surface area contributed by atoms with Crippen molar-refractivity contribution in [2.75, 3.05) is 20.8 Å². The molecule has 0 saturated carbocycles. The SMILES string of the molecule is CO.CO.O=C(CCc1ccccc1)CC(CO)c1ccccc1. The summed E-state index contributed by atoms with van der Waals surface area (Å²) in [4.78, 5) is 12.0. The molecule has 4 nitrogen and oxygen atoms in total. The molecule has 2 rings (SSSR count). The number of aliphatic hydroxyl groups is 3. The van der Waals surface area contributed by atoms with Crippen molar-refractivity contribution in [1.29, 1.82) is 0 Å². The van der Waals surface area contributed by atoms with E-state index in [-0.39, 0.29) is 18.3 Å². The Morgan fingerprint density at radius 2 is 1.38 bits per heavy atom. The summed E-state index contributed by atoms with van der Waals surface area (Å²) in [7, 11) is 2.00. The molecule has 2 aromatic rings. The topological polar surface area (TPSA) is 77.8 Å². The van der Waals surface area contributed by atoms with Gasteiger partial charge in [-0.25, -0.2) is 0 Å². The van der Waals surface area contributed by atoms with Crippen LogP contribution in [0.1, 0.15) is 29.9 Å². The molecule has 0 bridgehead atoms. The number of rotatable bonds is 7. The molecule has 1 unspecified atom stereocenters. The average Bonchev–Trinajstić information content (AvgIpc) is 2.69. The molecule has 0 heterocycles. The maximum Gasteiger partial charge on any atom is 0.133 e. The van der Waals surface area contributed by atoms with E-state index in [2.05, 4.69) is 0 Å². The van der Waals surface area contributed by atoms with E-state index in [9.17, 15) is 9.90 Å². The molecule has 1 atom stereocenters. The fourth-order valence-electron chi connectivity index (χ4n) is 2.32. The lowest BCUT2D eigenvalue weighted by Gasteiger charge is -2.13. The Labute approximate surface area is 144 Å². The number of aryl methyl sites for hydroxylation is 1. The van der Waals surface area contributed by atoms with Gasteiger partial charge in [-0.15, -0.1) is 0 Å². The number of carbonyl (C=O) groups excluding carboxylic acids is 1. The van der Waals surface area contributed by atoms with Gasteiger partial charge in [0.1, 0.15) is 5.78 Å². The van der Waals surface area contributed by atoms with Crippen molar-refractivity contribution in [2.45, 2.75) is 25.2 Å². The Kier molecular flexibility index (Phi) is 13.4. The van der Waals surface area contributed by atoms with Gasteiger partial charge in [0.25, 0.3) is 0 Å². The first kappa shape index (κ1) is 22.0. The van der Waals surface area contributed by atoms with Crippen LogP contribution < -0.4 is 0 Å². The summed E-state index contributed by atoms with van der Waals surface area (Å²) in [6.45, 7) is 0.0150. The minimum atomic E-state index is -0.0838. The zero-order valence-corrected chi connectivity index (χ0v) is 14.4. The van der Waals surface area contributed by atoms with E-state index >= 15 is 0 Å². The van der Waals surface area contributed by atoms with E-state index < -0.39 is 0 Å². The highest BCUT2D eigenvalue weighted by Crippen LogP contribution is 2.20. The summed E-state index contributed by atoms with van der Waals surface area (Å²) in [5, 5.41) is 23.5. The lowest BCUT2D eigenvalue weighted by molar-refractivity contribution is -0.119. The summed E-state index contributed by atoms with van der Waals surface area (Å²) >= 11 is 0. The van der Waals surface area contributed by atoms with Gasteiger partial charge in [0.2, 0.25) is 0 Å². The fourth-order valence-corrected chi connectivity index (χ4v) is 2.32. The zero-order valence-electron chi connectivity index (χ0n) is 14.4. The third-order valence-corrected chi connectivity index (χ3v) is 3.50. The van der Waals surface area contributed by atoms with Crippen LogP contribution in [0, 0.1) is 0 Å². The van der Waals surface area contributed by atoms with Gasteiger partial charge < -0.3 is 15.3 Å². The molecule has 2 aromatic carbocycles. The monoisotopic (exact) mass is 332 g/mol. The van der Waals surface area contributed by atoms with E-state index in [1.54, 1.807) is 0 Å². The summed E-state index contributed by atoms with van der Waals surface area (Å²) < 4.78 is 0. The molecule has 0 amide bonds. The summed E-state index contributed by atoms with van der Waals surface area (Å²) in [6, 6.07) is 19.8. The smallest absolute Gasteiger partial charge is 0.133 e. The first-order valence-corrected chi connectivity index (χ1v) is 7.90. The maximum absolute atomic E-state index is 12.0. The van der Waals surface area contributed by atoms with Crippen LogP contribution in [-0.2, 0) is 11.2 Å². The van der Waals surface area contributed by atoms with Gasteiger partial charge in [-0.2, -0.15) is 0 Å². The summed E-state index contributed by atoms with van der Waals surface area (Å²) in [5.41, 5.74) is 2.21. The minimum absolute atomic E-state index is 0.0150. The van der Waals surface area contributed by atoms with Crippen LogP contribution in [0.4, 0.5) is 0 Å². The Morgan fingerprint density at radius 3 is 1.88 bits per heavy atom. The molecular formula is C20H28O4. The molecule has 0 aliphatic carbocycles. The third kappa shape index (κ3) is 8.58. The lowest BCUT2D eigenvalue weighted by atomic mass is 9.92. The van der Waals surface area contributed by atoms with Crippen LogP contribution in [0.25, 0.3) is 0 Å². The molecule has 0 aliphatic rings. The Morgan fingerprint density at radius 1 is 0.875 bits per heavy atom. The van der Waals surface area contributed by atoms with Crippen molar-refractivity contribution >= 4 is 5.78 Å². The van der Waals surface area contributed by atoms with Gasteiger partial charge in [-0.3, -0.25) is 4.79 Å². The summed E-state index contributed by atoms with van der Waals surface area (Å²) in [5.74, 6) is 0.122. The van der Waals surface area contributed by atoms with Gasteiger partial charge in [0.15, 0.2) is 0 Å². The van der Waals surface area contributed by atoms with E-state index in [0.29, 0.717) is 12.8 Å². The van der Waals surface area contributed by atoms with Crippen molar-refractivity contribution < 1.29 is 20.1 Å². The second-order valence-corrected chi connectivity index (χ2v) is 5.02. The quantitative estimate of drug-likeness (QED) is 0.728. The van der Waals surface area contributed by atoms with E-state index in [0.717, 1.165) is 26.2 Å². The largest absolute Gasteiger partial charge is 0.400 e. The van der Waals surface area contributed by atoms with Crippen LogP contribution >= 0.6 is 0 Å². The second kappa shape index (κ2) is 14.6. The number of hydrogen-bond donors (Lipinski definition) is 3. The van der Waals surface area contributed by atoms with Crippen LogP contribution in [-0.4, -0.2) is 41.9 Å². The fraction of sp³-hybridized carbons (Fsp3) is 0.350. The van der Waals surface area contributed by atoms with Gasteiger partial charge in [-0.1, -0.05) is 60.7 Å². The van der Waals surface area contributed by atoms with Crippen molar-refractivity contribution in [1.82, 2.24) is 0 Å². The molecule has 0 spiro atoms. The van der Waals surface area contributed by atoms with Gasteiger partial charge in [-0.05, 0) is 17.5 Å². The molecule has 0 saturated heterocycles. The Balaban J connectivity index is 0.00000123. The molecule has 4 heteroatoms. The van der Waals surface area contributed by atoms with Crippen LogP contribution in [0.3, 0.4) is 0 Å². The van der Waals surface area contributed by atoms with Crippen molar-refractivity contribution in [3.05, 3.63) is 71.8 Å². The number of hydrogen-bond acceptors (Lipinski definition) is 4. The van der Waals surface area contributed by atoms with Crippen LogP contribution in [0.2, 0.25) is 0 Å². The minimum Gasteiger partial charge on any atom is -0.400 e. The Bertz CT molecular complexity index is 526. The van der Waals surface area contributed by atoms with E-state index in [4.69, 9.17) is 10.2 Å². The third-order valence-electron chi connectivity index (χ3n) is 3.50. The van der Waals surface area contributed by atoms with Crippen molar-refractivity contribution in [2.24, 2.45) is 0 Å². The first-order valence-electron chi connectivity index (χ1n) is 7.90. The molecule has 0 aliphatic heterocycles. The first-order chi connectivity index (χ1) is 11.8. The van der Waals surface area contributed by atoms with Crippen LogP contribution in [0.15, 0.2) is 60.7 Å². The number of aliphatic hydroxyl groups excluding tert-OH is 3. The summed E-state index contributed by atoms with van der Waals surface area (Å²) in [6.07, 6.45) is 1.72. The molecule has 0 fully saturated rings.